The highest BCUT2D eigenvalue weighted by Gasteiger charge is 2.34. The summed E-state index contributed by atoms with van der Waals surface area (Å²) in [4.78, 5) is 3.29. The van der Waals surface area contributed by atoms with Crippen molar-refractivity contribution in [3.63, 3.8) is 0 Å². The van der Waals surface area contributed by atoms with Crippen molar-refractivity contribution in [3.8, 4) is 5.75 Å². The molecule has 0 spiro atoms. The molecule has 31 heavy (non-hydrogen) atoms. The predicted molar refractivity (Wildman–Crippen MR) is 125 cm³/mol. The molecule has 0 amide bonds. The first-order chi connectivity index (χ1) is 14.9. The Bertz CT molecular complexity index is 1020. The molecule has 168 valence electrons. The van der Waals surface area contributed by atoms with Crippen LogP contribution in [0, 0.1) is 17.7 Å². The maximum absolute atomic E-state index is 13.6. The van der Waals surface area contributed by atoms with Crippen LogP contribution in [0.15, 0.2) is 46.2 Å². The summed E-state index contributed by atoms with van der Waals surface area (Å²) in [6, 6.07) is 9.97. The molecule has 2 aromatic carbocycles. The molecule has 0 N–H and O–H groups in total. The van der Waals surface area contributed by atoms with E-state index in [1.807, 2.05) is 17.2 Å². The largest absolute Gasteiger partial charge is 0.492 e. The van der Waals surface area contributed by atoms with Crippen molar-refractivity contribution in [1.29, 1.82) is 0 Å². The molecule has 7 heteroatoms. The zero-order valence-corrected chi connectivity index (χ0v) is 19.8. The quantitative estimate of drug-likeness (QED) is 0.445. The lowest BCUT2D eigenvalue weighted by atomic mass is 10.0. The monoisotopic (exact) mass is 463 g/mol. The molecule has 4 nitrogen and oxygen atoms in total. The van der Waals surface area contributed by atoms with Crippen LogP contribution in [0.5, 0.6) is 5.75 Å². The van der Waals surface area contributed by atoms with Crippen LogP contribution < -0.4 is 9.64 Å². The van der Waals surface area contributed by atoms with Crippen LogP contribution in [-0.4, -0.2) is 33.6 Å². The van der Waals surface area contributed by atoms with Crippen molar-refractivity contribution in [1.82, 2.24) is 0 Å². The molecule has 4 rings (SSSR count). The predicted octanol–water partition coefficient (Wildman–Crippen LogP) is 6.07. The van der Waals surface area contributed by atoms with Gasteiger partial charge in [0.25, 0.3) is 0 Å². The summed E-state index contributed by atoms with van der Waals surface area (Å²) in [6.45, 7) is 3.34. The SMILES string of the molecule is CCCCC1CN(c2ccc(F)cc2)c2cc(SC)c(OCC3CC3)cc2S(=O)(=O)C1. The second-order valence-electron chi connectivity index (χ2n) is 8.60. The Morgan fingerprint density at radius 1 is 1.16 bits per heavy atom. The minimum Gasteiger partial charge on any atom is -0.492 e. The highest BCUT2D eigenvalue weighted by atomic mass is 32.2. The minimum absolute atomic E-state index is 0.0102. The average molecular weight is 464 g/mol. The van der Waals surface area contributed by atoms with Gasteiger partial charge >= 0.3 is 0 Å². The van der Waals surface area contributed by atoms with Gasteiger partial charge in [-0.25, -0.2) is 12.8 Å². The highest BCUT2D eigenvalue weighted by Crippen LogP contribution is 2.43. The molecule has 0 bridgehead atoms. The lowest BCUT2D eigenvalue weighted by Gasteiger charge is -2.28. The summed E-state index contributed by atoms with van der Waals surface area (Å²) >= 11 is 1.56. The Morgan fingerprint density at radius 2 is 1.90 bits per heavy atom. The number of benzene rings is 2. The van der Waals surface area contributed by atoms with Gasteiger partial charge in [0.15, 0.2) is 9.84 Å². The maximum Gasteiger partial charge on any atom is 0.180 e. The molecule has 1 saturated carbocycles. The fraction of sp³-hybridized carbons (Fsp3) is 0.500. The van der Waals surface area contributed by atoms with Crippen LogP contribution in [0.1, 0.15) is 39.0 Å². The molecular weight excluding hydrogens is 433 g/mol. The van der Waals surface area contributed by atoms with Gasteiger partial charge in [-0.3, -0.25) is 0 Å². The number of anilines is 2. The molecule has 0 aromatic heterocycles. The van der Waals surface area contributed by atoms with E-state index in [9.17, 15) is 12.8 Å². The third kappa shape index (κ3) is 5.20. The number of hydrogen-bond acceptors (Lipinski definition) is 5. The number of unbranched alkanes of at least 4 members (excludes halogenated alkanes) is 1. The van der Waals surface area contributed by atoms with Crippen molar-refractivity contribution in [3.05, 3.63) is 42.2 Å². The van der Waals surface area contributed by atoms with Gasteiger partial charge in [-0.05, 0) is 67.7 Å². The minimum atomic E-state index is -3.48. The van der Waals surface area contributed by atoms with E-state index in [1.165, 1.54) is 25.0 Å². The second kappa shape index (κ2) is 9.41. The van der Waals surface area contributed by atoms with E-state index < -0.39 is 9.84 Å². The zero-order valence-electron chi connectivity index (χ0n) is 18.1. The van der Waals surface area contributed by atoms with Crippen molar-refractivity contribution < 1.29 is 17.5 Å². The zero-order chi connectivity index (χ0) is 22.0. The number of halogens is 1. The second-order valence-corrected chi connectivity index (χ2v) is 11.5. The van der Waals surface area contributed by atoms with Gasteiger partial charge in [-0.2, -0.15) is 0 Å². The molecule has 1 fully saturated rings. The van der Waals surface area contributed by atoms with E-state index in [0.29, 0.717) is 35.4 Å². The van der Waals surface area contributed by atoms with Crippen molar-refractivity contribution in [2.45, 2.75) is 48.8 Å². The van der Waals surface area contributed by atoms with E-state index in [4.69, 9.17) is 4.74 Å². The van der Waals surface area contributed by atoms with Gasteiger partial charge in [0.1, 0.15) is 11.6 Å². The molecule has 2 aliphatic rings. The van der Waals surface area contributed by atoms with Crippen LogP contribution in [-0.2, 0) is 9.84 Å². The Labute approximate surface area is 189 Å². The van der Waals surface area contributed by atoms with Crippen molar-refractivity contribution in [2.24, 2.45) is 11.8 Å². The molecule has 0 radical (unpaired) electrons. The van der Waals surface area contributed by atoms with Crippen LogP contribution in [0.3, 0.4) is 0 Å². The molecule has 1 aliphatic heterocycles. The molecule has 1 aliphatic carbocycles. The van der Waals surface area contributed by atoms with E-state index >= 15 is 0 Å². The Kier molecular flexibility index (Phi) is 6.82. The Morgan fingerprint density at radius 3 is 2.55 bits per heavy atom. The van der Waals surface area contributed by atoms with Crippen molar-refractivity contribution in [2.75, 3.05) is 30.1 Å². The topological polar surface area (TPSA) is 46.6 Å². The average Bonchev–Trinajstić information content (AvgIpc) is 3.59. The van der Waals surface area contributed by atoms with Crippen LogP contribution in [0.25, 0.3) is 0 Å². The number of sulfone groups is 1. The van der Waals surface area contributed by atoms with Gasteiger partial charge < -0.3 is 9.64 Å². The number of thioether (sulfide) groups is 1. The van der Waals surface area contributed by atoms with Gasteiger partial charge in [-0.15, -0.1) is 11.8 Å². The van der Waals surface area contributed by atoms with Gasteiger partial charge in [0, 0.05) is 18.3 Å². The summed E-state index contributed by atoms with van der Waals surface area (Å²) < 4.78 is 46.5. The standard InChI is InChI=1S/C24H30FNO3S2/c1-3-4-5-18-14-26(20-10-8-19(25)9-11-20)21-12-23(30-2)22(29-15-17-6-7-17)13-24(21)31(27,28)16-18/h8-13,17-18H,3-7,14-16H2,1-2H3. The number of fused-ring (bicyclic) bond motifs is 1. The summed E-state index contributed by atoms with van der Waals surface area (Å²) in [5, 5.41) is 0. The Hall–Kier alpha value is -1.73. The summed E-state index contributed by atoms with van der Waals surface area (Å²) in [5.74, 6) is 1.06. The van der Waals surface area contributed by atoms with Crippen molar-refractivity contribution >= 4 is 33.0 Å². The van der Waals surface area contributed by atoms with E-state index in [2.05, 4.69) is 6.92 Å². The first kappa shape index (κ1) is 22.5. The fourth-order valence-corrected chi connectivity index (χ4v) is 6.49. The molecule has 2 aromatic rings. The van der Waals surface area contributed by atoms with Gasteiger partial charge in [-0.1, -0.05) is 19.8 Å². The van der Waals surface area contributed by atoms with E-state index in [-0.39, 0.29) is 17.5 Å². The van der Waals surface area contributed by atoms with Crippen LogP contribution in [0.2, 0.25) is 0 Å². The van der Waals surface area contributed by atoms with E-state index in [1.54, 1.807) is 30.0 Å². The first-order valence-corrected chi connectivity index (χ1v) is 13.9. The lowest BCUT2D eigenvalue weighted by Crippen LogP contribution is -2.26. The molecule has 1 unspecified atom stereocenters. The van der Waals surface area contributed by atoms with Crippen LogP contribution >= 0.6 is 11.8 Å². The fourth-order valence-electron chi connectivity index (χ4n) is 4.10. The normalized spacial score (nSPS) is 20.2. The summed E-state index contributed by atoms with van der Waals surface area (Å²) in [6.07, 6.45) is 7.19. The third-order valence-corrected chi connectivity index (χ3v) is 8.71. The molecule has 1 atom stereocenters. The highest BCUT2D eigenvalue weighted by molar-refractivity contribution is 7.98. The maximum atomic E-state index is 13.6. The summed E-state index contributed by atoms with van der Waals surface area (Å²) in [7, 11) is -3.48. The molecule has 1 heterocycles. The number of rotatable bonds is 8. The molecule has 0 saturated heterocycles. The first-order valence-electron chi connectivity index (χ1n) is 11.0. The lowest BCUT2D eigenvalue weighted by molar-refractivity contribution is 0.292. The smallest absolute Gasteiger partial charge is 0.180 e. The number of ether oxygens (including phenoxy) is 1. The van der Waals surface area contributed by atoms with E-state index in [0.717, 1.165) is 29.8 Å². The number of nitrogens with zero attached hydrogens (tertiary/aromatic N) is 1. The molecular formula is C24H30FNO3S2. The van der Waals surface area contributed by atoms with Crippen LogP contribution in [0.4, 0.5) is 15.8 Å². The Balaban J connectivity index is 1.80. The third-order valence-electron chi connectivity index (χ3n) is 6.04. The van der Waals surface area contributed by atoms with Gasteiger partial charge in [0.05, 0.1) is 27.8 Å². The van der Waals surface area contributed by atoms with Gasteiger partial charge in [0.2, 0.25) is 0 Å². The summed E-state index contributed by atoms with van der Waals surface area (Å²) in [5.41, 5.74) is 1.47. The number of hydrogen-bond donors (Lipinski definition) is 0.